The number of halogens is 3. The zero-order chi connectivity index (χ0) is 16.0. The van der Waals surface area contributed by atoms with E-state index < -0.39 is 15.6 Å². The van der Waals surface area contributed by atoms with Crippen LogP contribution in [-0.4, -0.2) is 41.5 Å². The largest absolute Gasteiger partial charge is 0.741 e. The van der Waals surface area contributed by atoms with Gasteiger partial charge in [-0.1, -0.05) is 13.8 Å². The normalized spacial score (nSPS) is 17.6. The number of Topliss-reactive ketones (excluding diaryl/α,β-unsaturated/α-hetero) is 1. The molecular weight excluding hydrogens is 317 g/mol. The molecule has 0 radical (unpaired) electrons. The molecule has 1 rings (SSSR count). The molecule has 1 fully saturated rings. The maximum atomic E-state index is 11.4. The van der Waals surface area contributed by atoms with Gasteiger partial charge in [-0.05, 0) is 30.2 Å². The van der Waals surface area contributed by atoms with Crippen molar-refractivity contribution < 1.29 is 30.9 Å². The molecule has 0 aromatic carbocycles. The van der Waals surface area contributed by atoms with Gasteiger partial charge in [-0.25, -0.2) is 8.42 Å². The van der Waals surface area contributed by atoms with Crippen molar-refractivity contribution in [2.45, 2.75) is 38.6 Å². The number of carbonyl (C=O) groups excluding carboxylic acids is 1. The van der Waals surface area contributed by atoms with E-state index in [0.29, 0.717) is 16.7 Å². The van der Waals surface area contributed by atoms with Crippen molar-refractivity contribution in [1.82, 2.24) is 0 Å². The number of carbonyl (C=O) groups is 1. The average molecular weight is 336 g/mol. The highest BCUT2D eigenvalue weighted by molar-refractivity contribution is 7.97. The van der Waals surface area contributed by atoms with Gasteiger partial charge >= 0.3 is 5.51 Å². The Morgan fingerprint density at radius 3 is 1.90 bits per heavy atom. The van der Waals surface area contributed by atoms with E-state index in [2.05, 4.69) is 0 Å². The van der Waals surface area contributed by atoms with Crippen molar-refractivity contribution in [1.29, 1.82) is 0 Å². The molecule has 0 bridgehead atoms. The minimum Gasteiger partial charge on any atom is -0.741 e. The molecule has 0 amide bonds. The molecule has 1 saturated heterocycles. The summed E-state index contributed by atoms with van der Waals surface area (Å²) in [5.74, 6) is 4.23. The third-order valence-electron chi connectivity index (χ3n) is 2.64. The van der Waals surface area contributed by atoms with Crippen molar-refractivity contribution >= 4 is 26.8 Å². The second-order valence-electron chi connectivity index (χ2n) is 4.75. The zero-order valence-electron chi connectivity index (χ0n) is 11.4. The highest BCUT2D eigenvalue weighted by atomic mass is 32.2. The molecule has 0 spiro atoms. The Bertz CT molecular complexity index is 398. The Labute approximate surface area is 120 Å². The summed E-state index contributed by atoms with van der Waals surface area (Å²) >= 11 is 0. The van der Waals surface area contributed by atoms with Gasteiger partial charge in [0.15, 0.2) is 21.7 Å². The van der Waals surface area contributed by atoms with Crippen LogP contribution >= 0.6 is 0 Å². The lowest BCUT2D eigenvalue weighted by Crippen LogP contribution is -2.27. The number of hydrogen-bond acceptors (Lipinski definition) is 4. The van der Waals surface area contributed by atoms with E-state index in [0.717, 1.165) is 5.75 Å². The molecule has 1 heterocycles. The van der Waals surface area contributed by atoms with Crippen LogP contribution in [0.5, 0.6) is 0 Å². The topological polar surface area (TPSA) is 74.3 Å². The molecule has 0 aliphatic carbocycles. The van der Waals surface area contributed by atoms with Gasteiger partial charge in [0.1, 0.15) is 11.5 Å². The van der Waals surface area contributed by atoms with Crippen molar-refractivity contribution in [2.75, 3.05) is 17.3 Å². The first kappa shape index (κ1) is 19.7. The second kappa shape index (κ2) is 8.23. The van der Waals surface area contributed by atoms with Gasteiger partial charge in [0.05, 0.1) is 0 Å². The highest BCUT2D eigenvalue weighted by Gasteiger charge is 2.36. The van der Waals surface area contributed by atoms with Crippen LogP contribution < -0.4 is 0 Å². The van der Waals surface area contributed by atoms with Crippen LogP contribution in [0.1, 0.15) is 33.1 Å². The zero-order valence-corrected chi connectivity index (χ0v) is 13.0. The maximum absolute atomic E-state index is 11.4. The van der Waals surface area contributed by atoms with Gasteiger partial charge in [0.25, 0.3) is 0 Å². The predicted octanol–water partition coefficient (Wildman–Crippen LogP) is 2.07. The number of rotatable bonds is 3. The Morgan fingerprint density at radius 1 is 1.20 bits per heavy atom. The van der Waals surface area contributed by atoms with Crippen LogP contribution in [0.3, 0.4) is 0 Å². The predicted molar refractivity (Wildman–Crippen MR) is 71.4 cm³/mol. The van der Waals surface area contributed by atoms with Crippen molar-refractivity contribution in [3.8, 4) is 0 Å². The quantitative estimate of drug-likeness (QED) is 0.449. The lowest BCUT2D eigenvalue weighted by atomic mass is 10.1. The van der Waals surface area contributed by atoms with Gasteiger partial charge in [-0.3, -0.25) is 4.79 Å². The third-order valence-corrected chi connectivity index (χ3v) is 5.63. The number of hydrogen-bond donors (Lipinski definition) is 0. The standard InChI is InChI=1S/C10H19OS.CHF3O3S/c1-9(2)10(11)8-12-6-4-3-5-7-12;2-1(3,4)8(5,6)7/h9H,3-8H2,1-2H3;(H,5,6,7)/q+1;/p-1. The van der Waals surface area contributed by atoms with Crippen molar-refractivity contribution in [2.24, 2.45) is 5.92 Å². The second-order valence-corrected chi connectivity index (χ2v) is 8.45. The summed E-state index contributed by atoms with van der Waals surface area (Å²) in [5, 5.41) is 0. The monoisotopic (exact) mass is 336 g/mol. The van der Waals surface area contributed by atoms with Gasteiger partial charge in [0, 0.05) is 5.92 Å². The van der Waals surface area contributed by atoms with E-state index >= 15 is 0 Å². The molecule has 0 aromatic heterocycles. The van der Waals surface area contributed by atoms with Gasteiger partial charge in [-0.2, -0.15) is 13.2 Å². The lowest BCUT2D eigenvalue weighted by molar-refractivity contribution is -0.119. The van der Waals surface area contributed by atoms with Gasteiger partial charge < -0.3 is 4.55 Å². The fraction of sp³-hybridized carbons (Fsp3) is 0.909. The summed E-state index contributed by atoms with van der Waals surface area (Å²) < 4.78 is 58.9. The first-order valence-corrected chi connectivity index (χ1v) is 9.28. The molecule has 4 nitrogen and oxygen atoms in total. The molecule has 0 N–H and O–H groups in total. The molecule has 1 aliphatic rings. The molecule has 20 heavy (non-hydrogen) atoms. The Hall–Kier alpha value is -0.280. The Morgan fingerprint density at radius 2 is 1.60 bits per heavy atom. The van der Waals surface area contributed by atoms with Crippen LogP contribution in [-0.2, 0) is 25.8 Å². The smallest absolute Gasteiger partial charge is 0.485 e. The summed E-state index contributed by atoms with van der Waals surface area (Å²) in [7, 11) is -5.64. The van der Waals surface area contributed by atoms with E-state index in [9.17, 15) is 18.0 Å². The summed E-state index contributed by atoms with van der Waals surface area (Å²) in [6.45, 7) is 4.02. The molecule has 120 valence electrons. The van der Waals surface area contributed by atoms with E-state index in [4.69, 9.17) is 13.0 Å². The Balaban J connectivity index is 0.000000396. The molecule has 1 aliphatic heterocycles. The number of ketones is 1. The fourth-order valence-electron chi connectivity index (χ4n) is 1.40. The van der Waals surface area contributed by atoms with Crippen LogP contribution in [0, 0.1) is 5.92 Å². The molecular formula is C11H19F3O4S2. The van der Waals surface area contributed by atoms with Crippen LogP contribution in [0.2, 0.25) is 0 Å². The summed E-state index contributed by atoms with van der Waals surface area (Å²) in [6.07, 6.45) is 4.10. The Kier molecular flexibility index (Phi) is 8.12. The third kappa shape index (κ3) is 8.11. The minimum absolute atomic E-state index is 0.249. The average Bonchev–Trinajstić information content (AvgIpc) is 2.28. The first-order chi connectivity index (χ1) is 8.95. The van der Waals surface area contributed by atoms with Crippen molar-refractivity contribution in [3.63, 3.8) is 0 Å². The summed E-state index contributed by atoms with van der Waals surface area (Å²) in [4.78, 5) is 11.4. The minimum atomic E-state index is -6.09. The van der Waals surface area contributed by atoms with E-state index in [1.54, 1.807) is 0 Å². The highest BCUT2D eigenvalue weighted by Crippen LogP contribution is 2.20. The SMILES string of the molecule is CC(C)C(=O)C[S+]1CCCCC1.O=S(=O)([O-])C(F)(F)F. The van der Waals surface area contributed by atoms with Gasteiger partial charge in [0.2, 0.25) is 0 Å². The van der Waals surface area contributed by atoms with Crippen LogP contribution in [0.4, 0.5) is 13.2 Å². The molecule has 0 atom stereocenters. The van der Waals surface area contributed by atoms with E-state index in [1.807, 2.05) is 13.8 Å². The van der Waals surface area contributed by atoms with E-state index in [1.165, 1.54) is 30.8 Å². The van der Waals surface area contributed by atoms with Crippen LogP contribution in [0.15, 0.2) is 0 Å². The van der Waals surface area contributed by atoms with E-state index in [-0.39, 0.29) is 5.92 Å². The van der Waals surface area contributed by atoms with Gasteiger partial charge in [-0.15, -0.1) is 0 Å². The molecule has 0 saturated carbocycles. The number of alkyl halides is 3. The molecule has 0 unspecified atom stereocenters. The first-order valence-electron chi connectivity index (χ1n) is 6.14. The maximum Gasteiger partial charge on any atom is 0.485 e. The summed E-state index contributed by atoms with van der Waals surface area (Å²) in [6, 6.07) is 0. The fourth-order valence-corrected chi connectivity index (χ4v) is 3.86. The lowest BCUT2D eigenvalue weighted by Gasteiger charge is -2.13. The molecule has 9 heteroatoms. The van der Waals surface area contributed by atoms with Crippen LogP contribution in [0.25, 0.3) is 0 Å². The molecule has 0 aromatic rings. The summed E-state index contributed by atoms with van der Waals surface area (Å²) in [5.41, 5.74) is -5.65. The van der Waals surface area contributed by atoms with Crippen molar-refractivity contribution in [3.05, 3.63) is 0 Å².